The molecule has 0 aliphatic heterocycles. The normalized spacial score (nSPS) is 12.8. The average molecular weight is 433 g/mol. The first-order chi connectivity index (χ1) is 15.1. The van der Waals surface area contributed by atoms with Gasteiger partial charge in [0.15, 0.2) is 5.60 Å². The molecule has 0 saturated carbocycles. The number of pyridine rings is 1. The van der Waals surface area contributed by atoms with Crippen LogP contribution in [0.15, 0.2) is 60.8 Å². The molecule has 3 rings (SSSR count). The Morgan fingerprint density at radius 2 is 1.78 bits per heavy atom. The Morgan fingerprint density at radius 3 is 2.41 bits per heavy atom. The molecular weight excluding hydrogens is 404 g/mol. The number of hydrogen-bond acceptors (Lipinski definition) is 5. The summed E-state index contributed by atoms with van der Waals surface area (Å²) in [6.45, 7) is 7.10. The van der Waals surface area contributed by atoms with Crippen molar-refractivity contribution in [3.63, 3.8) is 0 Å². The van der Waals surface area contributed by atoms with Crippen LogP contribution < -0.4 is 16.4 Å². The van der Waals surface area contributed by atoms with Crippen LogP contribution in [0.25, 0.3) is 11.1 Å². The fraction of sp³-hybridized carbons (Fsp3) is 0.240. The summed E-state index contributed by atoms with van der Waals surface area (Å²) in [6.07, 6.45) is 1.61. The second-order valence-electron chi connectivity index (χ2n) is 8.21. The molecular formula is C25H28N4O3. The summed E-state index contributed by atoms with van der Waals surface area (Å²) in [5.41, 5.74) is 8.05. The molecule has 32 heavy (non-hydrogen) atoms. The number of amides is 2. The van der Waals surface area contributed by atoms with E-state index in [1.807, 2.05) is 32.9 Å². The Bertz CT molecular complexity index is 1140. The minimum atomic E-state index is -1.67. The van der Waals surface area contributed by atoms with Gasteiger partial charge in [-0.3, -0.25) is 9.59 Å². The first-order valence-electron chi connectivity index (χ1n) is 10.4. The van der Waals surface area contributed by atoms with E-state index in [2.05, 4.69) is 15.6 Å². The molecule has 5 N–H and O–H groups in total. The number of aliphatic hydroxyl groups is 1. The van der Waals surface area contributed by atoms with Crippen LogP contribution in [-0.2, 0) is 10.4 Å². The van der Waals surface area contributed by atoms with Crippen molar-refractivity contribution >= 4 is 23.3 Å². The van der Waals surface area contributed by atoms with E-state index >= 15 is 0 Å². The topological polar surface area (TPSA) is 117 Å². The lowest BCUT2D eigenvalue weighted by molar-refractivity contribution is -0.133. The van der Waals surface area contributed by atoms with Gasteiger partial charge in [-0.05, 0) is 62.6 Å². The summed E-state index contributed by atoms with van der Waals surface area (Å²) in [7, 11) is 0. The molecule has 1 atom stereocenters. The molecule has 3 aromatic rings. The van der Waals surface area contributed by atoms with E-state index in [1.165, 1.54) is 6.92 Å². The summed E-state index contributed by atoms with van der Waals surface area (Å²) >= 11 is 0. The second kappa shape index (κ2) is 9.20. The minimum absolute atomic E-state index is 0.0247. The quantitative estimate of drug-likeness (QED) is 0.475. The summed E-state index contributed by atoms with van der Waals surface area (Å²) in [5.74, 6) is -0.647. The Labute approximate surface area is 187 Å². The summed E-state index contributed by atoms with van der Waals surface area (Å²) in [4.78, 5) is 29.3. The number of carbonyl (C=O) groups excluding carboxylic acids is 2. The van der Waals surface area contributed by atoms with Gasteiger partial charge in [0, 0.05) is 23.5 Å². The van der Waals surface area contributed by atoms with E-state index in [0.717, 1.165) is 16.7 Å². The van der Waals surface area contributed by atoms with Crippen LogP contribution in [0.3, 0.4) is 0 Å². The van der Waals surface area contributed by atoms with Crippen LogP contribution in [0.5, 0.6) is 0 Å². The number of nitrogen functional groups attached to an aromatic ring is 1. The first-order valence-corrected chi connectivity index (χ1v) is 10.4. The largest absolute Gasteiger partial charge is 0.383 e. The van der Waals surface area contributed by atoms with Crippen molar-refractivity contribution in [3.05, 3.63) is 77.5 Å². The number of aromatic nitrogens is 1. The lowest BCUT2D eigenvalue weighted by Crippen LogP contribution is -2.37. The van der Waals surface area contributed by atoms with Crippen molar-refractivity contribution in [2.24, 2.45) is 0 Å². The highest BCUT2D eigenvalue weighted by Crippen LogP contribution is 2.29. The van der Waals surface area contributed by atoms with Crippen molar-refractivity contribution < 1.29 is 14.7 Å². The van der Waals surface area contributed by atoms with Crippen LogP contribution in [-0.4, -0.2) is 27.9 Å². The molecule has 0 saturated heterocycles. The number of benzene rings is 2. The molecule has 2 amide bonds. The number of nitrogens with zero attached hydrogens (tertiary/aromatic N) is 1. The van der Waals surface area contributed by atoms with E-state index in [0.29, 0.717) is 16.8 Å². The smallest absolute Gasteiger partial charge is 0.260 e. The van der Waals surface area contributed by atoms with Gasteiger partial charge in [0.2, 0.25) is 0 Å². The standard InChI is InChI=1S/C25H28N4O3/c1-15(2)28-23(30)21-13-17(14-27-22(21)26)20-11-10-19(12-16(20)3)29-24(31)25(4,32)18-8-6-5-7-9-18/h5-15,32H,1-4H3,(H2,26,27)(H,28,30)(H,29,31)/t25-/m1/s1. The number of nitrogens with two attached hydrogens (primary N) is 1. The maximum absolute atomic E-state index is 12.7. The molecule has 1 heterocycles. The highest BCUT2D eigenvalue weighted by atomic mass is 16.3. The van der Waals surface area contributed by atoms with E-state index in [-0.39, 0.29) is 17.8 Å². The third kappa shape index (κ3) is 4.95. The Balaban J connectivity index is 1.84. The predicted molar refractivity (Wildman–Crippen MR) is 126 cm³/mol. The molecule has 2 aromatic carbocycles. The van der Waals surface area contributed by atoms with Crippen LogP contribution >= 0.6 is 0 Å². The zero-order valence-corrected chi connectivity index (χ0v) is 18.6. The summed E-state index contributed by atoms with van der Waals surface area (Å²) in [5, 5.41) is 16.3. The van der Waals surface area contributed by atoms with Crippen molar-refractivity contribution in [1.29, 1.82) is 0 Å². The van der Waals surface area contributed by atoms with E-state index in [1.54, 1.807) is 48.7 Å². The van der Waals surface area contributed by atoms with Gasteiger partial charge in [0.25, 0.3) is 11.8 Å². The number of carbonyl (C=O) groups is 2. The fourth-order valence-corrected chi connectivity index (χ4v) is 3.36. The van der Waals surface area contributed by atoms with Gasteiger partial charge >= 0.3 is 0 Å². The van der Waals surface area contributed by atoms with E-state index < -0.39 is 11.5 Å². The number of nitrogens with one attached hydrogen (secondary N) is 2. The van der Waals surface area contributed by atoms with Gasteiger partial charge in [-0.25, -0.2) is 4.98 Å². The highest BCUT2D eigenvalue weighted by Gasteiger charge is 2.32. The molecule has 0 aliphatic carbocycles. The predicted octanol–water partition coefficient (Wildman–Crippen LogP) is 3.62. The average Bonchev–Trinajstić information content (AvgIpc) is 2.74. The molecule has 7 heteroatoms. The van der Waals surface area contributed by atoms with Crippen LogP contribution in [0, 0.1) is 6.92 Å². The van der Waals surface area contributed by atoms with E-state index in [4.69, 9.17) is 5.73 Å². The molecule has 0 aliphatic rings. The molecule has 7 nitrogen and oxygen atoms in total. The SMILES string of the molecule is Cc1cc(NC(=O)[C@](C)(O)c2ccccc2)ccc1-c1cnc(N)c(C(=O)NC(C)C)c1. The number of aryl methyl sites for hydroxylation is 1. The summed E-state index contributed by atoms with van der Waals surface area (Å²) in [6, 6.07) is 15.8. The first kappa shape index (κ1) is 23.0. The lowest BCUT2D eigenvalue weighted by atomic mass is 9.94. The van der Waals surface area contributed by atoms with Crippen molar-refractivity contribution in [1.82, 2.24) is 10.3 Å². The molecule has 166 valence electrons. The zero-order valence-electron chi connectivity index (χ0n) is 18.6. The monoisotopic (exact) mass is 432 g/mol. The maximum Gasteiger partial charge on any atom is 0.260 e. The fourth-order valence-electron chi connectivity index (χ4n) is 3.36. The van der Waals surface area contributed by atoms with Crippen molar-refractivity contribution in [2.75, 3.05) is 11.1 Å². The van der Waals surface area contributed by atoms with Gasteiger partial charge in [-0.1, -0.05) is 36.4 Å². The molecule has 0 radical (unpaired) electrons. The van der Waals surface area contributed by atoms with Gasteiger partial charge in [0.1, 0.15) is 5.82 Å². The number of hydrogen-bond donors (Lipinski definition) is 4. The Hall–Kier alpha value is -3.71. The minimum Gasteiger partial charge on any atom is -0.383 e. The van der Waals surface area contributed by atoms with Crippen LogP contribution in [0.4, 0.5) is 11.5 Å². The Morgan fingerprint density at radius 1 is 1.09 bits per heavy atom. The third-order valence-electron chi connectivity index (χ3n) is 5.16. The second-order valence-corrected chi connectivity index (χ2v) is 8.21. The zero-order chi connectivity index (χ0) is 23.5. The van der Waals surface area contributed by atoms with Gasteiger partial charge in [-0.15, -0.1) is 0 Å². The summed E-state index contributed by atoms with van der Waals surface area (Å²) < 4.78 is 0. The molecule has 0 bridgehead atoms. The molecule has 0 fully saturated rings. The number of anilines is 2. The Kier molecular flexibility index (Phi) is 6.60. The molecule has 0 unspecified atom stereocenters. The lowest BCUT2D eigenvalue weighted by Gasteiger charge is -2.23. The van der Waals surface area contributed by atoms with Crippen LogP contribution in [0.1, 0.15) is 42.3 Å². The highest BCUT2D eigenvalue weighted by molar-refractivity contribution is 6.00. The van der Waals surface area contributed by atoms with Crippen LogP contribution in [0.2, 0.25) is 0 Å². The van der Waals surface area contributed by atoms with Gasteiger partial charge in [0.05, 0.1) is 5.56 Å². The maximum atomic E-state index is 12.7. The van der Waals surface area contributed by atoms with Gasteiger partial charge in [-0.2, -0.15) is 0 Å². The molecule has 0 spiro atoms. The number of rotatable bonds is 6. The van der Waals surface area contributed by atoms with Gasteiger partial charge < -0.3 is 21.5 Å². The van der Waals surface area contributed by atoms with Crippen molar-refractivity contribution in [2.45, 2.75) is 39.3 Å². The van der Waals surface area contributed by atoms with E-state index in [9.17, 15) is 14.7 Å². The third-order valence-corrected chi connectivity index (χ3v) is 5.16. The van der Waals surface area contributed by atoms with Crippen molar-refractivity contribution in [3.8, 4) is 11.1 Å². The molecule has 1 aromatic heterocycles.